The third-order valence-electron chi connectivity index (χ3n) is 2.94. The molecule has 2 aliphatic carbocycles. The molecule has 0 bridgehead atoms. The van der Waals surface area contributed by atoms with Crippen molar-refractivity contribution in [3.05, 3.63) is 0 Å². The third kappa shape index (κ3) is 0.872. The molecule has 0 aromatic rings. The fourth-order valence-corrected chi connectivity index (χ4v) is 2.32. The molecule has 0 aromatic heterocycles. The van der Waals surface area contributed by atoms with Gasteiger partial charge >= 0.3 is 5.97 Å². The van der Waals surface area contributed by atoms with E-state index >= 15 is 0 Å². The van der Waals surface area contributed by atoms with Crippen LogP contribution in [0.1, 0.15) is 12.8 Å². The maximum atomic E-state index is 11.0. The molecule has 62 valence electrons. The average Bonchev–Trinajstić information content (AvgIpc) is 2.63. The monoisotopic (exact) mass is 156 g/mol. The molecule has 3 heteroatoms. The highest BCUT2D eigenvalue weighted by Crippen LogP contribution is 2.57. The standard InChI is InChI=1S/C8H12O3/c1-11-8(10)7-4-2-3-5(9)6(4)7/h4-7,9H,2-3H2,1H3/t4-,5-,6+,7-/m1/s1. The summed E-state index contributed by atoms with van der Waals surface area (Å²) in [6, 6.07) is 0. The van der Waals surface area contributed by atoms with Crippen molar-refractivity contribution in [2.45, 2.75) is 18.9 Å². The first-order valence-corrected chi connectivity index (χ1v) is 4.01. The van der Waals surface area contributed by atoms with Crippen LogP contribution in [0.4, 0.5) is 0 Å². The van der Waals surface area contributed by atoms with E-state index < -0.39 is 0 Å². The van der Waals surface area contributed by atoms with Crippen molar-refractivity contribution in [3.8, 4) is 0 Å². The molecular weight excluding hydrogens is 144 g/mol. The first-order valence-electron chi connectivity index (χ1n) is 4.01. The quantitative estimate of drug-likeness (QED) is 0.551. The molecule has 4 atom stereocenters. The SMILES string of the molecule is COC(=O)[C@@H]1[C@@H]2CC[C@@H](O)[C@H]21. The number of aliphatic hydroxyl groups is 1. The Hall–Kier alpha value is -0.570. The van der Waals surface area contributed by atoms with Gasteiger partial charge in [0, 0.05) is 5.92 Å². The van der Waals surface area contributed by atoms with Crippen molar-refractivity contribution in [2.24, 2.45) is 17.8 Å². The van der Waals surface area contributed by atoms with Gasteiger partial charge in [0.25, 0.3) is 0 Å². The van der Waals surface area contributed by atoms with Crippen LogP contribution in [0.5, 0.6) is 0 Å². The number of hydrogen-bond donors (Lipinski definition) is 1. The minimum Gasteiger partial charge on any atom is -0.469 e. The molecular formula is C8H12O3. The molecule has 0 radical (unpaired) electrons. The smallest absolute Gasteiger partial charge is 0.309 e. The van der Waals surface area contributed by atoms with Crippen molar-refractivity contribution in [3.63, 3.8) is 0 Å². The Morgan fingerprint density at radius 2 is 2.27 bits per heavy atom. The van der Waals surface area contributed by atoms with Crippen LogP contribution in [0.2, 0.25) is 0 Å². The van der Waals surface area contributed by atoms with Crippen LogP contribution in [0.25, 0.3) is 0 Å². The zero-order valence-electron chi connectivity index (χ0n) is 6.49. The van der Waals surface area contributed by atoms with Crippen LogP contribution < -0.4 is 0 Å². The van der Waals surface area contributed by atoms with E-state index in [0.29, 0.717) is 5.92 Å². The molecule has 0 spiro atoms. The van der Waals surface area contributed by atoms with Gasteiger partial charge in [-0.1, -0.05) is 0 Å². The van der Waals surface area contributed by atoms with Crippen molar-refractivity contribution >= 4 is 5.97 Å². The van der Waals surface area contributed by atoms with Crippen molar-refractivity contribution in [1.29, 1.82) is 0 Å². The fourth-order valence-electron chi connectivity index (χ4n) is 2.32. The summed E-state index contributed by atoms with van der Waals surface area (Å²) in [6.45, 7) is 0. The number of esters is 1. The van der Waals surface area contributed by atoms with Gasteiger partial charge in [-0.3, -0.25) is 4.79 Å². The molecule has 2 rings (SSSR count). The lowest BCUT2D eigenvalue weighted by Gasteiger charge is -2.05. The summed E-state index contributed by atoms with van der Waals surface area (Å²) < 4.78 is 4.61. The Balaban J connectivity index is 1.99. The second-order valence-corrected chi connectivity index (χ2v) is 3.43. The zero-order chi connectivity index (χ0) is 8.01. The van der Waals surface area contributed by atoms with Gasteiger partial charge in [-0.05, 0) is 18.8 Å². The normalized spacial score (nSPS) is 46.7. The zero-order valence-corrected chi connectivity index (χ0v) is 6.49. The molecule has 11 heavy (non-hydrogen) atoms. The van der Waals surface area contributed by atoms with Gasteiger partial charge < -0.3 is 9.84 Å². The summed E-state index contributed by atoms with van der Waals surface area (Å²) in [5.74, 6) is 0.530. The summed E-state index contributed by atoms with van der Waals surface area (Å²) in [7, 11) is 1.41. The summed E-state index contributed by atoms with van der Waals surface area (Å²) in [5.41, 5.74) is 0. The maximum absolute atomic E-state index is 11.0. The van der Waals surface area contributed by atoms with Crippen molar-refractivity contribution in [1.82, 2.24) is 0 Å². The van der Waals surface area contributed by atoms with E-state index in [9.17, 15) is 9.90 Å². The number of aliphatic hydroxyl groups excluding tert-OH is 1. The summed E-state index contributed by atoms with van der Waals surface area (Å²) >= 11 is 0. The topological polar surface area (TPSA) is 46.5 Å². The van der Waals surface area contributed by atoms with Gasteiger partial charge in [0.05, 0.1) is 19.1 Å². The molecule has 0 aliphatic heterocycles. The van der Waals surface area contributed by atoms with E-state index in [4.69, 9.17) is 0 Å². The molecule has 2 saturated carbocycles. The first kappa shape index (κ1) is 7.10. The number of fused-ring (bicyclic) bond motifs is 1. The van der Waals surface area contributed by atoms with Crippen molar-refractivity contribution in [2.75, 3.05) is 7.11 Å². The lowest BCUT2D eigenvalue weighted by atomic mass is 10.1. The Morgan fingerprint density at radius 1 is 1.55 bits per heavy atom. The summed E-state index contributed by atoms with van der Waals surface area (Å²) in [6.07, 6.45) is 1.61. The molecule has 2 aliphatic rings. The molecule has 3 nitrogen and oxygen atoms in total. The van der Waals surface area contributed by atoms with Gasteiger partial charge in [-0.2, -0.15) is 0 Å². The lowest BCUT2D eigenvalue weighted by molar-refractivity contribution is -0.143. The predicted octanol–water partition coefficient (Wildman–Crippen LogP) is 0.176. The molecule has 0 unspecified atom stereocenters. The number of methoxy groups -OCH3 is 1. The Labute approximate surface area is 65.4 Å². The van der Waals surface area contributed by atoms with Gasteiger partial charge in [0.15, 0.2) is 0 Å². The third-order valence-corrected chi connectivity index (χ3v) is 2.94. The Bertz CT molecular complexity index is 190. The highest BCUT2D eigenvalue weighted by molar-refractivity contribution is 5.76. The van der Waals surface area contributed by atoms with Crippen LogP contribution in [0.3, 0.4) is 0 Å². The predicted molar refractivity (Wildman–Crippen MR) is 37.7 cm³/mol. The first-order chi connectivity index (χ1) is 5.25. The van der Waals surface area contributed by atoms with E-state index in [1.54, 1.807) is 0 Å². The van der Waals surface area contributed by atoms with Gasteiger partial charge in [-0.15, -0.1) is 0 Å². The molecule has 0 heterocycles. The second kappa shape index (κ2) is 2.21. The van der Waals surface area contributed by atoms with Crippen LogP contribution in [-0.2, 0) is 9.53 Å². The number of carbonyl (C=O) groups is 1. The van der Waals surface area contributed by atoms with Gasteiger partial charge in [-0.25, -0.2) is 0 Å². The number of rotatable bonds is 1. The number of carbonyl (C=O) groups excluding carboxylic acids is 1. The van der Waals surface area contributed by atoms with Crippen LogP contribution in [-0.4, -0.2) is 24.3 Å². The highest BCUT2D eigenvalue weighted by atomic mass is 16.5. The lowest BCUT2D eigenvalue weighted by Crippen LogP contribution is -2.14. The van der Waals surface area contributed by atoms with Crippen molar-refractivity contribution < 1.29 is 14.6 Å². The van der Waals surface area contributed by atoms with E-state index in [0.717, 1.165) is 12.8 Å². The molecule has 2 fully saturated rings. The largest absolute Gasteiger partial charge is 0.469 e. The maximum Gasteiger partial charge on any atom is 0.309 e. The second-order valence-electron chi connectivity index (χ2n) is 3.43. The molecule has 0 aromatic carbocycles. The highest BCUT2D eigenvalue weighted by Gasteiger charge is 2.61. The fraction of sp³-hybridized carbons (Fsp3) is 0.875. The minimum atomic E-state index is -0.246. The number of ether oxygens (including phenoxy) is 1. The van der Waals surface area contributed by atoms with Gasteiger partial charge in [0.1, 0.15) is 0 Å². The van der Waals surface area contributed by atoms with Gasteiger partial charge in [0.2, 0.25) is 0 Å². The molecule has 0 saturated heterocycles. The van der Waals surface area contributed by atoms with E-state index in [2.05, 4.69) is 4.74 Å². The average molecular weight is 156 g/mol. The van der Waals surface area contributed by atoms with Crippen LogP contribution >= 0.6 is 0 Å². The van der Waals surface area contributed by atoms with E-state index in [1.165, 1.54) is 7.11 Å². The summed E-state index contributed by atoms with van der Waals surface area (Å²) in [5, 5.41) is 9.35. The van der Waals surface area contributed by atoms with E-state index in [-0.39, 0.29) is 23.9 Å². The Kier molecular flexibility index (Phi) is 1.42. The van der Waals surface area contributed by atoms with Crippen LogP contribution in [0.15, 0.2) is 0 Å². The number of hydrogen-bond acceptors (Lipinski definition) is 3. The Morgan fingerprint density at radius 3 is 2.73 bits per heavy atom. The summed E-state index contributed by atoms with van der Waals surface area (Å²) in [4.78, 5) is 11.0. The molecule has 0 amide bonds. The van der Waals surface area contributed by atoms with E-state index in [1.807, 2.05) is 0 Å². The molecule has 1 N–H and O–H groups in total. The van der Waals surface area contributed by atoms with Crippen LogP contribution in [0, 0.1) is 17.8 Å². The minimum absolute atomic E-state index is 0.0174.